The molecule has 3 rings (SSSR count). The van der Waals surface area contributed by atoms with Gasteiger partial charge in [-0.3, -0.25) is 9.82 Å². The first-order valence-electron chi connectivity index (χ1n) is 8.68. The van der Waals surface area contributed by atoms with Gasteiger partial charge in [-0.15, -0.1) is 0 Å². The van der Waals surface area contributed by atoms with E-state index >= 15 is 0 Å². The van der Waals surface area contributed by atoms with E-state index in [4.69, 9.17) is 11.6 Å². The molecule has 0 radical (unpaired) electrons. The van der Waals surface area contributed by atoms with E-state index in [2.05, 4.69) is 20.2 Å². The van der Waals surface area contributed by atoms with E-state index in [0.717, 1.165) is 5.56 Å². The van der Waals surface area contributed by atoms with Crippen molar-refractivity contribution in [3.8, 4) is 0 Å². The third-order valence-corrected chi connectivity index (χ3v) is 6.13. The fourth-order valence-corrected chi connectivity index (χ4v) is 4.05. The third-order valence-electron chi connectivity index (χ3n) is 4.40. The molecule has 0 unspecified atom stereocenters. The fraction of sp³-hybridized carbons (Fsp3) is 0.158. The molecule has 0 spiro atoms. The zero-order chi connectivity index (χ0) is 21.0. The van der Waals surface area contributed by atoms with Gasteiger partial charge >= 0.3 is 6.03 Å². The predicted octanol–water partition coefficient (Wildman–Crippen LogP) is 4.09. The molecule has 1 heterocycles. The molecule has 3 N–H and O–H groups in total. The summed E-state index contributed by atoms with van der Waals surface area (Å²) in [4.78, 5) is 14.2. The Bertz CT molecular complexity index is 1100. The van der Waals surface area contributed by atoms with Crippen molar-refractivity contribution in [3.63, 3.8) is 0 Å². The normalized spacial score (nSPS) is 12.2. The topological polar surface area (TPSA) is 107 Å². The number of sulfonamides is 1. The van der Waals surface area contributed by atoms with Crippen LogP contribution in [0.15, 0.2) is 65.8 Å². The number of carbonyl (C=O) groups is 1. The third kappa shape index (κ3) is 4.87. The minimum atomic E-state index is -3.82. The maximum atomic E-state index is 12.7. The summed E-state index contributed by atoms with van der Waals surface area (Å²) in [5.74, 6) is 0. The molecular formula is C19H20ClN5O3S. The number of H-pyrrole nitrogens is 1. The van der Waals surface area contributed by atoms with Crippen molar-refractivity contribution in [2.45, 2.75) is 17.9 Å². The lowest BCUT2D eigenvalue weighted by Crippen LogP contribution is -2.33. The maximum absolute atomic E-state index is 12.7. The lowest BCUT2D eigenvalue weighted by molar-refractivity contribution is 0.208. The zero-order valence-corrected chi connectivity index (χ0v) is 17.3. The van der Waals surface area contributed by atoms with Crippen molar-refractivity contribution in [1.82, 2.24) is 15.1 Å². The van der Waals surface area contributed by atoms with Crippen LogP contribution in [0.5, 0.6) is 0 Å². The van der Waals surface area contributed by atoms with Gasteiger partial charge in [-0.05, 0) is 36.8 Å². The van der Waals surface area contributed by atoms with Crippen LogP contribution in [0.4, 0.5) is 16.2 Å². The van der Waals surface area contributed by atoms with Crippen LogP contribution >= 0.6 is 11.6 Å². The molecule has 0 saturated heterocycles. The van der Waals surface area contributed by atoms with E-state index in [1.165, 1.54) is 29.4 Å². The summed E-state index contributed by atoms with van der Waals surface area (Å²) in [6.07, 6.45) is 2.78. The molecule has 0 aliphatic rings. The molecule has 0 aliphatic heterocycles. The van der Waals surface area contributed by atoms with E-state index in [9.17, 15) is 13.2 Å². The van der Waals surface area contributed by atoms with Gasteiger partial charge in [0.05, 0.1) is 22.8 Å². The van der Waals surface area contributed by atoms with Crippen molar-refractivity contribution in [1.29, 1.82) is 0 Å². The fourth-order valence-electron chi connectivity index (χ4n) is 2.67. The van der Waals surface area contributed by atoms with Crippen molar-refractivity contribution >= 4 is 39.0 Å². The van der Waals surface area contributed by atoms with Crippen LogP contribution in [0, 0.1) is 0 Å². The molecule has 8 nitrogen and oxygen atoms in total. The summed E-state index contributed by atoms with van der Waals surface area (Å²) in [5.41, 5.74) is 1.48. The Labute approximate surface area is 173 Å². The minimum Gasteiger partial charge on any atom is -0.321 e. The lowest BCUT2D eigenvalue weighted by atomic mass is 10.1. The first-order valence-corrected chi connectivity index (χ1v) is 10.5. The molecule has 10 heteroatoms. The Morgan fingerprint density at radius 3 is 2.62 bits per heavy atom. The highest BCUT2D eigenvalue weighted by Gasteiger charge is 2.20. The largest absolute Gasteiger partial charge is 0.322 e. The van der Waals surface area contributed by atoms with Gasteiger partial charge in [0.25, 0.3) is 10.0 Å². The molecular weight excluding hydrogens is 414 g/mol. The number of aromatic amines is 1. The van der Waals surface area contributed by atoms with Crippen LogP contribution in [0.25, 0.3) is 0 Å². The summed E-state index contributed by atoms with van der Waals surface area (Å²) in [7, 11) is -2.18. The Hall–Kier alpha value is -3.04. The number of amides is 2. The van der Waals surface area contributed by atoms with Crippen molar-refractivity contribution in [3.05, 3.63) is 71.5 Å². The number of nitrogens with one attached hydrogen (secondary N) is 3. The van der Waals surface area contributed by atoms with Gasteiger partial charge in [-0.25, -0.2) is 13.2 Å². The van der Waals surface area contributed by atoms with Crippen LogP contribution in [0.2, 0.25) is 5.02 Å². The first kappa shape index (κ1) is 20.7. The van der Waals surface area contributed by atoms with Crippen molar-refractivity contribution in [2.75, 3.05) is 17.1 Å². The Morgan fingerprint density at radius 1 is 1.17 bits per heavy atom. The minimum absolute atomic E-state index is 0.0123. The van der Waals surface area contributed by atoms with E-state index in [1.54, 1.807) is 25.2 Å². The quantitative estimate of drug-likeness (QED) is 0.544. The van der Waals surface area contributed by atoms with Crippen LogP contribution in [0.1, 0.15) is 18.5 Å². The summed E-state index contributed by atoms with van der Waals surface area (Å²) < 4.78 is 27.4. The van der Waals surface area contributed by atoms with Crippen LogP contribution in [0.3, 0.4) is 0 Å². The maximum Gasteiger partial charge on any atom is 0.322 e. The van der Waals surface area contributed by atoms with Gasteiger partial charge in [0.15, 0.2) is 0 Å². The smallest absolute Gasteiger partial charge is 0.321 e. The van der Waals surface area contributed by atoms with Gasteiger partial charge in [-0.2, -0.15) is 5.10 Å². The molecule has 29 heavy (non-hydrogen) atoms. The first-order chi connectivity index (χ1) is 13.8. The van der Waals surface area contributed by atoms with Gasteiger partial charge in [0.1, 0.15) is 0 Å². The van der Waals surface area contributed by atoms with Gasteiger partial charge in [0.2, 0.25) is 0 Å². The zero-order valence-electron chi connectivity index (χ0n) is 15.8. The van der Waals surface area contributed by atoms with E-state index in [0.29, 0.717) is 16.4 Å². The molecule has 2 aromatic carbocycles. The number of aromatic nitrogens is 2. The Kier molecular flexibility index (Phi) is 6.09. The number of anilines is 2. The number of nitrogens with zero attached hydrogens (tertiary/aromatic N) is 2. The number of hydrogen-bond acceptors (Lipinski definition) is 4. The number of urea groups is 1. The predicted molar refractivity (Wildman–Crippen MR) is 112 cm³/mol. The SMILES string of the molecule is C[C@H](c1ccccc1Cl)N(C)C(=O)Nc1cccc(S(=O)(=O)Nc2cn[nH]c2)c1. The summed E-state index contributed by atoms with van der Waals surface area (Å²) in [6.45, 7) is 1.86. The number of rotatable bonds is 6. The Balaban J connectivity index is 1.74. The molecule has 1 atom stereocenters. The number of carbonyl (C=O) groups excluding carboxylic acids is 1. The highest BCUT2D eigenvalue weighted by atomic mass is 35.5. The van der Waals surface area contributed by atoms with Gasteiger partial charge in [-0.1, -0.05) is 35.9 Å². The molecule has 0 aliphatic carbocycles. The second-order valence-electron chi connectivity index (χ2n) is 6.36. The van der Waals surface area contributed by atoms with E-state index < -0.39 is 16.1 Å². The average molecular weight is 434 g/mol. The van der Waals surface area contributed by atoms with Crippen molar-refractivity contribution in [2.24, 2.45) is 0 Å². The second-order valence-corrected chi connectivity index (χ2v) is 8.45. The lowest BCUT2D eigenvalue weighted by Gasteiger charge is -2.26. The molecule has 2 amide bonds. The molecule has 1 aromatic heterocycles. The average Bonchev–Trinajstić information content (AvgIpc) is 3.19. The summed E-state index contributed by atoms with van der Waals surface area (Å²) in [5, 5.41) is 9.52. The van der Waals surface area contributed by atoms with Crippen molar-refractivity contribution < 1.29 is 13.2 Å². The standard InChI is InChI=1S/C19H20ClN5O3S/c1-13(17-8-3-4-9-18(17)20)25(2)19(26)23-14-6-5-7-16(10-14)29(27,28)24-15-11-21-22-12-15/h3-13,24H,1-2H3,(H,21,22)(H,23,26)/t13-/m1/s1. The van der Waals surface area contributed by atoms with E-state index in [-0.39, 0.29) is 10.9 Å². The van der Waals surface area contributed by atoms with E-state index in [1.807, 2.05) is 25.1 Å². The Morgan fingerprint density at radius 2 is 1.93 bits per heavy atom. The van der Waals surface area contributed by atoms with Gasteiger partial charge < -0.3 is 10.2 Å². The number of hydrogen-bond donors (Lipinski definition) is 3. The monoisotopic (exact) mass is 433 g/mol. The van der Waals surface area contributed by atoms with Crippen LogP contribution in [-0.4, -0.2) is 36.6 Å². The molecule has 3 aromatic rings. The van der Waals surface area contributed by atoms with Gasteiger partial charge in [0, 0.05) is 24.0 Å². The van der Waals surface area contributed by atoms with Crippen LogP contribution < -0.4 is 10.0 Å². The molecule has 0 fully saturated rings. The second kappa shape index (κ2) is 8.54. The molecule has 0 bridgehead atoms. The highest BCUT2D eigenvalue weighted by Crippen LogP contribution is 2.27. The summed E-state index contributed by atoms with van der Waals surface area (Å²) >= 11 is 6.22. The number of halogens is 1. The molecule has 0 saturated carbocycles. The summed E-state index contributed by atoms with van der Waals surface area (Å²) in [6, 6.07) is 12.6. The van der Waals surface area contributed by atoms with Crippen LogP contribution in [-0.2, 0) is 10.0 Å². The number of benzene rings is 2. The molecule has 152 valence electrons. The highest BCUT2D eigenvalue weighted by molar-refractivity contribution is 7.92.